The molecule has 60 valence electrons. The summed E-state index contributed by atoms with van der Waals surface area (Å²) < 4.78 is 7.82. The summed E-state index contributed by atoms with van der Waals surface area (Å²) in [6.45, 7) is 0.750. The summed E-state index contributed by atoms with van der Waals surface area (Å²) >= 11 is 3.90. The molecule has 0 bridgehead atoms. The molecule has 1 rings (SSSR count). The third-order valence-electron chi connectivity index (χ3n) is 1.42. The van der Waals surface area contributed by atoms with Gasteiger partial charge in [0.25, 0.3) is 0 Å². The van der Waals surface area contributed by atoms with Crippen LogP contribution in [0.4, 0.5) is 0 Å². The lowest BCUT2D eigenvalue weighted by molar-refractivity contribution is 0.414. The highest BCUT2D eigenvalue weighted by Gasteiger charge is 1.92. The largest absolute Gasteiger partial charge is 0.497 e. The molecule has 0 unspecified atom stereocenters. The van der Waals surface area contributed by atoms with Gasteiger partial charge >= 0.3 is 0 Å². The Bertz CT molecular complexity index is 227. The maximum absolute atomic E-state index is 5.05. The second-order valence-electron chi connectivity index (χ2n) is 2.19. The molecular formula is C8H11NOS. The van der Waals surface area contributed by atoms with E-state index >= 15 is 0 Å². The highest BCUT2D eigenvalue weighted by molar-refractivity contribution is 7.78. The van der Waals surface area contributed by atoms with Gasteiger partial charge in [-0.15, -0.1) is 0 Å². The molecule has 0 spiro atoms. The Labute approximate surface area is 72.1 Å². The number of ether oxygens (including phenoxy) is 1. The molecule has 0 amide bonds. The van der Waals surface area contributed by atoms with Gasteiger partial charge in [-0.05, 0) is 17.7 Å². The number of benzene rings is 1. The second-order valence-corrected chi connectivity index (χ2v) is 2.50. The van der Waals surface area contributed by atoms with Crippen LogP contribution in [0.25, 0.3) is 0 Å². The van der Waals surface area contributed by atoms with Gasteiger partial charge in [0, 0.05) is 6.54 Å². The van der Waals surface area contributed by atoms with Crippen LogP contribution < -0.4 is 9.46 Å². The van der Waals surface area contributed by atoms with Crippen molar-refractivity contribution in [2.24, 2.45) is 0 Å². The fraction of sp³-hybridized carbons (Fsp3) is 0.250. The third kappa shape index (κ3) is 2.44. The van der Waals surface area contributed by atoms with E-state index in [4.69, 9.17) is 4.74 Å². The Morgan fingerprint density at radius 1 is 1.55 bits per heavy atom. The molecule has 1 aromatic carbocycles. The zero-order valence-electron chi connectivity index (χ0n) is 6.37. The van der Waals surface area contributed by atoms with E-state index in [9.17, 15) is 0 Å². The summed E-state index contributed by atoms with van der Waals surface area (Å²) in [4.78, 5) is 0. The fourth-order valence-corrected chi connectivity index (χ4v) is 1.06. The lowest BCUT2D eigenvalue weighted by atomic mass is 10.2. The molecule has 0 saturated carbocycles. The zero-order chi connectivity index (χ0) is 8.10. The molecule has 0 saturated heterocycles. The van der Waals surface area contributed by atoms with Gasteiger partial charge in [-0.1, -0.05) is 24.9 Å². The van der Waals surface area contributed by atoms with Gasteiger partial charge in [0.15, 0.2) is 0 Å². The van der Waals surface area contributed by atoms with Crippen molar-refractivity contribution in [2.75, 3.05) is 7.11 Å². The standard InChI is InChI=1S/C8H11NOS/c1-10-8-4-2-3-7(5-8)6-9-11/h2-5,9,11H,6H2,1H3. The Hall–Kier alpha value is -0.670. The first-order valence-electron chi connectivity index (χ1n) is 3.36. The predicted molar refractivity (Wildman–Crippen MR) is 48.8 cm³/mol. The van der Waals surface area contributed by atoms with Crippen LogP contribution in [-0.2, 0) is 6.54 Å². The Kier molecular flexibility index (Phi) is 3.26. The minimum atomic E-state index is 0.750. The van der Waals surface area contributed by atoms with Crippen molar-refractivity contribution in [3.8, 4) is 5.75 Å². The Morgan fingerprint density at radius 2 is 2.36 bits per heavy atom. The molecule has 0 aliphatic carbocycles. The van der Waals surface area contributed by atoms with Crippen LogP contribution in [0.15, 0.2) is 24.3 Å². The van der Waals surface area contributed by atoms with Crippen molar-refractivity contribution in [3.05, 3.63) is 29.8 Å². The third-order valence-corrected chi connectivity index (χ3v) is 1.58. The molecule has 1 aromatic rings. The van der Waals surface area contributed by atoms with E-state index in [2.05, 4.69) is 17.5 Å². The van der Waals surface area contributed by atoms with Crippen molar-refractivity contribution in [3.63, 3.8) is 0 Å². The molecule has 11 heavy (non-hydrogen) atoms. The minimum absolute atomic E-state index is 0.750. The summed E-state index contributed by atoms with van der Waals surface area (Å²) in [7, 11) is 1.66. The summed E-state index contributed by atoms with van der Waals surface area (Å²) in [6, 6.07) is 7.87. The van der Waals surface area contributed by atoms with Crippen molar-refractivity contribution in [1.29, 1.82) is 0 Å². The van der Waals surface area contributed by atoms with Crippen LogP contribution in [0.5, 0.6) is 5.75 Å². The number of rotatable bonds is 3. The number of hydrogen-bond donors (Lipinski definition) is 2. The molecule has 3 heteroatoms. The summed E-state index contributed by atoms with van der Waals surface area (Å²) in [5, 5.41) is 0. The van der Waals surface area contributed by atoms with Crippen LogP contribution >= 0.6 is 12.8 Å². The van der Waals surface area contributed by atoms with Crippen LogP contribution in [0.1, 0.15) is 5.56 Å². The maximum atomic E-state index is 5.05. The number of nitrogens with one attached hydrogen (secondary N) is 1. The maximum Gasteiger partial charge on any atom is 0.119 e. The van der Waals surface area contributed by atoms with Gasteiger partial charge in [-0.3, -0.25) is 4.72 Å². The normalized spacial score (nSPS) is 9.64. The summed E-state index contributed by atoms with van der Waals surface area (Å²) in [5.41, 5.74) is 1.17. The van der Waals surface area contributed by atoms with E-state index < -0.39 is 0 Å². The highest BCUT2D eigenvalue weighted by atomic mass is 32.1. The first kappa shape index (κ1) is 8.43. The number of thiol groups is 1. The SMILES string of the molecule is COc1cccc(CNS)c1. The van der Waals surface area contributed by atoms with E-state index in [-0.39, 0.29) is 0 Å². The molecule has 0 heterocycles. The molecule has 0 aliphatic heterocycles. The first-order valence-corrected chi connectivity index (χ1v) is 3.81. The smallest absolute Gasteiger partial charge is 0.119 e. The lowest BCUT2D eigenvalue weighted by Gasteiger charge is -2.02. The van der Waals surface area contributed by atoms with Crippen LogP contribution in [0.3, 0.4) is 0 Å². The van der Waals surface area contributed by atoms with Crippen molar-refractivity contribution >= 4 is 12.8 Å². The number of methoxy groups -OCH3 is 1. The molecule has 0 fully saturated rings. The van der Waals surface area contributed by atoms with Crippen molar-refractivity contribution in [2.45, 2.75) is 6.54 Å². The molecule has 0 aromatic heterocycles. The van der Waals surface area contributed by atoms with Crippen LogP contribution in [0, 0.1) is 0 Å². The van der Waals surface area contributed by atoms with Crippen LogP contribution in [-0.4, -0.2) is 7.11 Å². The topological polar surface area (TPSA) is 21.3 Å². The molecule has 2 nitrogen and oxygen atoms in total. The van der Waals surface area contributed by atoms with Crippen LogP contribution in [0.2, 0.25) is 0 Å². The molecule has 0 atom stereocenters. The van der Waals surface area contributed by atoms with E-state index in [1.54, 1.807) is 7.11 Å². The Morgan fingerprint density at radius 3 is 3.00 bits per heavy atom. The lowest BCUT2D eigenvalue weighted by Crippen LogP contribution is -1.98. The molecule has 1 N–H and O–H groups in total. The summed E-state index contributed by atoms with van der Waals surface area (Å²) in [6.07, 6.45) is 0. The molecule has 0 aliphatic rings. The van der Waals surface area contributed by atoms with Gasteiger partial charge in [0.1, 0.15) is 5.75 Å². The van der Waals surface area contributed by atoms with Gasteiger partial charge in [-0.25, -0.2) is 0 Å². The van der Waals surface area contributed by atoms with E-state index in [0.29, 0.717) is 0 Å². The van der Waals surface area contributed by atoms with E-state index in [1.807, 2.05) is 24.3 Å². The minimum Gasteiger partial charge on any atom is -0.497 e. The van der Waals surface area contributed by atoms with Crippen molar-refractivity contribution < 1.29 is 4.74 Å². The Balaban J connectivity index is 2.74. The monoisotopic (exact) mass is 169 g/mol. The average molecular weight is 169 g/mol. The molecular weight excluding hydrogens is 158 g/mol. The van der Waals surface area contributed by atoms with E-state index in [1.165, 1.54) is 5.56 Å². The van der Waals surface area contributed by atoms with Gasteiger partial charge in [0.05, 0.1) is 7.11 Å². The molecule has 0 radical (unpaired) electrons. The van der Waals surface area contributed by atoms with Gasteiger partial charge in [-0.2, -0.15) is 0 Å². The number of hydrogen-bond acceptors (Lipinski definition) is 3. The summed E-state index contributed by atoms with van der Waals surface area (Å²) in [5.74, 6) is 0.881. The quantitative estimate of drug-likeness (QED) is 0.671. The first-order chi connectivity index (χ1) is 5.36. The predicted octanol–water partition coefficient (Wildman–Crippen LogP) is 1.63. The van der Waals surface area contributed by atoms with Crippen molar-refractivity contribution in [1.82, 2.24) is 4.72 Å². The second kappa shape index (κ2) is 4.26. The van der Waals surface area contributed by atoms with Gasteiger partial charge in [0.2, 0.25) is 0 Å². The van der Waals surface area contributed by atoms with Gasteiger partial charge < -0.3 is 4.74 Å². The fourth-order valence-electron chi connectivity index (χ4n) is 0.874. The van der Waals surface area contributed by atoms with E-state index in [0.717, 1.165) is 12.3 Å². The zero-order valence-corrected chi connectivity index (χ0v) is 7.27. The highest BCUT2D eigenvalue weighted by Crippen LogP contribution is 2.11. The average Bonchev–Trinajstić information content (AvgIpc) is 2.06.